The van der Waals surface area contributed by atoms with Crippen LogP contribution in [0.25, 0.3) is 44.6 Å². The van der Waals surface area contributed by atoms with Crippen molar-refractivity contribution in [2.75, 3.05) is 49.6 Å². The highest BCUT2D eigenvalue weighted by atomic mass is 19.1. The Balaban J connectivity index is 0.000000157. The zero-order valence-corrected chi connectivity index (χ0v) is 32.0. The number of ether oxygens (including phenoxy) is 1. The van der Waals surface area contributed by atoms with Crippen LogP contribution in [0.15, 0.2) is 99.2 Å². The molecule has 13 heteroatoms. The summed E-state index contributed by atoms with van der Waals surface area (Å²) in [6.07, 6.45) is 5.74. The molecule has 0 amide bonds. The summed E-state index contributed by atoms with van der Waals surface area (Å²) >= 11 is 0. The fourth-order valence-electron chi connectivity index (χ4n) is 7.61. The molecular weight excluding hydrogens is 712 g/mol. The quantitative estimate of drug-likeness (QED) is 0.217. The first-order valence-electron chi connectivity index (χ1n) is 18.9. The van der Waals surface area contributed by atoms with Crippen LogP contribution in [0.3, 0.4) is 0 Å². The van der Waals surface area contributed by atoms with Crippen molar-refractivity contribution < 1.29 is 13.5 Å². The van der Waals surface area contributed by atoms with E-state index in [1.54, 1.807) is 20.9 Å². The Bertz CT molecular complexity index is 2700. The van der Waals surface area contributed by atoms with E-state index in [1.165, 1.54) is 25.3 Å². The van der Waals surface area contributed by atoms with E-state index in [-0.39, 0.29) is 22.9 Å². The number of hydrogen-bond acceptors (Lipinski definition) is 10. The van der Waals surface area contributed by atoms with Gasteiger partial charge in [0.05, 0.1) is 24.2 Å². The standard InChI is InChI=1S/C22H22N4O2.C21H23FN4O2/c1-14-24-20-5-2-15(11-21(20)28-14)16-10-18-3-4-19(13-26(18)22(27)12-16)25-8-6-17(23)7-9-25;1-13-8-16(25-7-6-23-14(2)11-25)12-26-20(27)10-18(24-21(13)26)15-4-5-19(28-3)17(22)9-15/h2-5,10-13,17H,6-9,23H2,1H3;4-5,8-10,12,14,23H,6-7,11H2,1-3H3/t;14-/m.0/s1. The molecule has 5 aromatic heterocycles. The van der Waals surface area contributed by atoms with Gasteiger partial charge in [0, 0.05) is 87.3 Å². The number of anilines is 2. The maximum atomic E-state index is 14.1. The lowest BCUT2D eigenvalue weighted by atomic mass is 10.0. The van der Waals surface area contributed by atoms with E-state index in [0.29, 0.717) is 28.8 Å². The Labute approximate surface area is 323 Å². The molecular formula is C43H45FN8O4. The second-order valence-corrected chi connectivity index (χ2v) is 14.7. The van der Waals surface area contributed by atoms with Crippen LogP contribution in [0.1, 0.15) is 31.2 Å². The normalized spacial score (nSPS) is 16.4. The van der Waals surface area contributed by atoms with E-state index < -0.39 is 5.82 Å². The fraction of sp³-hybridized carbons (Fsp3) is 0.302. The Kier molecular flexibility index (Phi) is 10.0. The Morgan fingerprint density at radius 1 is 0.821 bits per heavy atom. The number of piperazine rings is 1. The number of piperidine rings is 1. The molecule has 7 aromatic rings. The molecule has 0 radical (unpaired) electrons. The number of benzene rings is 2. The second-order valence-electron chi connectivity index (χ2n) is 14.7. The first-order chi connectivity index (χ1) is 27.0. The van der Waals surface area contributed by atoms with Gasteiger partial charge in [-0.05, 0) is 98.0 Å². The fourth-order valence-corrected chi connectivity index (χ4v) is 7.61. The molecule has 0 saturated carbocycles. The third-order valence-corrected chi connectivity index (χ3v) is 10.6. The van der Waals surface area contributed by atoms with E-state index in [1.807, 2.05) is 56.6 Å². The lowest BCUT2D eigenvalue weighted by Crippen LogP contribution is -2.49. The van der Waals surface area contributed by atoms with Crippen molar-refractivity contribution in [1.82, 2.24) is 24.1 Å². The highest BCUT2D eigenvalue weighted by molar-refractivity contribution is 5.81. The smallest absolute Gasteiger partial charge is 0.258 e. The Morgan fingerprint density at radius 2 is 1.59 bits per heavy atom. The number of fused-ring (bicyclic) bond motifs is 3. The highest BCUT2D eigenvalue weighted by Crippen LogP contribution is 2.28. The zero-order chi connectivity index (χ0) is 39.1. The topological polar surface area (TPSA) is 136 Å². The monoisotopic (exact) mass is 756 g/mol. The van der Waals surface area contributed by atoms with Gasteiger partial charge in [0.25, 0.3) is 11.1 Å². The number of nitrogens with one attached hydrogen (secondary N) is 1. The number of aryl methyl sites for hydroxylation is 2. The molecule has 0 unspecified atom stereocenters. The molecule has 2 aliphatic rings. The molecule has 0 spiro atoms. The number of pyridine rings is 3. The Hall–Kier alpha value is -6.05. The van der Waals surface area contributed by atoms with Gasteiger partial charge in [0.15, 0.2) is 23.0 Å². The third-order valence-electron chi connectivity index (χ3n) is 10.6. The van der Waals surface area contributed by atoms with Crippen LogP contribution in [0, 0.1) is 19.7 Å². The van der Waals surface area contributed by atoms with Gasteiger partial charge in [-0.2, -0.15) is 0 Å². The van der Waals surface area contributed by atoms with Gasteiger partial charge in [-0.25, -0.2) is 14.4 Å². The van der Waals surface area contributed by atoms with Crippen LogP contribution in [-0.4, -0.2) is 70.7 Å². The number of nitrogens with zero attached hydrogens (tertiary/aromatic N) is 6. The Morgan fingerprint density at radius 3 is 2.36 bits per heavy atom. The number of halogens is 1. The predicted molar refractivity (Wildman–Crippen MR) is 219 cm³/mol. The molecule has 0 bridgehead atoms. The van der Waals surface area contributed by atoms with Gasteiger partial charge in [0.1, 0.15) is 11.2 Å². The molecule has 2 aromatic carbocycles. The summed E-state index contributed by atoms with van der Waals surface area (Å²) in [6, 6.07) is 22.4. The van der Waals surface area contributed by atoms with Crippen LogP contribution in [0.2, 0.25) is 0 Å². The molecule has 3 N–H and O–H groups in total. The van der Waals surface area contributed by atoms with Crippen LogP contribution in [-0.2, 0) is 0 Å². The zero-order valence-electron chi connectivity index (χ0n) is 32.0. The average Bonchev–Trinajstić information content (AvgIpc) is 3.58. The summed E-state index contributed by atoms with van der Waals surface area (Å²) < 4.78 is 27.9. The number of aromatic nitrogens is 4. The summed E-state index contributed by atoms with van der Waals surface area (Å²) in [6.45, 7) is 10.5. The van der Waals surface area contributed by atoms with Gasteiger partial charge in [-0.1, -0.05) is 6.07 Å². The molecule has 12 nitrogen and oxygen atoms in total. The summed E-state index contributed by atoms with van der Waals surface area (Å²) in [7, 11) is 1.42. The maximum absolute atomic E-state index is 14.1. The summed E-state index contributed by atoms with van der Waals surface area (Å²) in [5.74, 6) is 0.311. The molecule has 56 heavy (non-hydrogen) atoms. The van der Waals surface area contributed by atoms with E-state index in [4.69, 9.17) is 14.9 Å². The largest absolute Gasteiger partial charge is 0.494 e. The van der Waals surface area contributed by atoms with Crippen LogP contribution in [0.5, 0.6) is 5.75 Å². The van der Waals surface area contributed by atoms with Crippen molar-refractivity contribution in [3.8, 4) is 28.1 Å². The molecule has 2 aliphatic heterocycles. The first-order valence-corrected chi connectivity index (χ1v) is 18.9. The summed E-state index contributed by atoms with van der Waals surface area (Å²) in [4.78, 5) is 39.1. The number of hydrogen-bond donors (Lipinski definition) is 2. The molecule has 1 atom stereocenters. The summed E-state index contributed by atoms with van der Waals surface area (Å²) in [5, 5.41) is 3.42. The van der Waals surface area contributed by atoms with Crippen molar-refractivity contribution in [1.29, 1.82) is 0 Å². The molecule has 0 aliphatic carbocycles. The van der Waals surface area contributed by atoms with Crippen molar-refractivity contribution in [3.63, 3.8) is 0 Å². The van der Waals surface area contributed by atoms with Crippen molar-refractivity contribution in [2.24, 2.45) is 5.73 Å². The van der Waals surface area contributed by atoms with Gasteiger partial charge < -0.3 is 30.0 Å². The molecule has 288 valence electrons. The van der Waals surface area contributed by atoms with Crippen molar-refractivity contribution >= 4 is 33.6 Å². The number of oxazole rings is 1. The predicted octanol–water partition coefficient (Wildman–Crippen LogP) is 5.96. The molecule has 9 rings (SSSR count). The minimum Gasteiger partial charge on any atom is -0.494 e. The third kappa shape index (κ3) is 7.47. The molecule has 2 fully saturated rings. The number of nitrogens with two attached hydrogens (primary N) is 1. The molecule has 7 heterocycles. The minimum atomic E-state index is -0.484. The van der Waals surface area contributed by atoms with Gasteiger partial charge in [0.2, 0.25) is 0 Å². The van der Waals surface area contributed by atoms with Crippen LogP contribution < -0.4 is 36.7 Å². The number of methoxy groups -OCH3 is 1. The van der Waals surface area contributed by atoms with E-state index in [2.05, 4.69) is 44.1 Å². The van der Waals surface area contributed by atoms with Crippen molar-refractivity contribution in [2.45, 2.75) is 45.7 Å². The maximum Gasteiger partial charge on any atom is 0.258 e. The lowest BCUT2D eigenvalue weighted by molar-refractivity contribution is 0.386. The minimum absolute atomic E-state index is 0.0445. The van der Waals surface area contributed by atoms with Gasteiger partial charge in [-0.3, -0.25) is 18.4 Å². The average molecular weight is 757 g/mol. The van der Waals surface area contributed by atoms with Gasteiger partial charge >= 0.3 is 0 Å². The van der Waals surface area contributed by atoms with E-state index in [9.17, 15) is 14.0 Å². The van der Waals surface area contributed by atoms with Crippen LogP contribution >= 0.6 is 0 Å². The molecule has 2 saturated heterocycles. The van der Waals surface area contributed by atoms with Crippen LogP contribution in [0.4, 0.5) is 15.8 Å². The summed E-state index contributed by atoms with van der Waals surface area (Å²) in [5.41, 5.74) is 14.5. The number of rotatable bonds is 5. The SMILES string of the molecule is COc1ccc(-c2cc(=O)n3cc(N4CCN[C@@H](C)C4)cc(C)c3n2)cc1F.Cc1nc2ccc(-c3cc(=O)n4cc(N5CCC(N)CC5)ccc4c3)cc2o1. The van der Waals surface area contributed by atoms with E-state index in [0.717, 1.165) is 90.2 Å². The lowest BCUT2D eigenvalue weighted by Gasteiger charge is -2.33. The highest BCUT2D eigenvalue weighted by Gasteiger charge is 2.19. The first kappa shape index (κ1) is 36.9. The second kappa shape index (κ2) is 15.2. The van der Waals surface area contributed by atoms with E-state index >= 15 is 0 Å². The van der Waals surface area contributed by atoms with Gasteiger partial charge in [-0.15, -0.1) is 0 Å². The van der Waals surface area contributed by atoms with Crippen molar-refractivity contribution in [3.05, 3.63) is 123 Å².